The summed E-state index contributed by atoms with van der Waals surface area (Å²) in [6.07, 6.45) is 0. The Morgan fingerprint density at radius 1 is 1.14 bits per heavy atom. The number of fused-ring (bicyclic) bond motifs is 1. The van der Waals surface area contributed by atoms with Crippen molar-refractivity contribution in [1.82, 2.24) is 4.31 Å². The molecule has 5 nitrogen and oxygen atoms in total. The van der Waals surface area contributed by atoms with Crippen LogP contribution in [-0.2, 0) is 14.8 Å². The van der Waals surface area contributed by atoms with Crippen molar-refractivity contribution in [1.29, 1.82) is 0 Å². The smallest absolute Gasteiger partial charge is 0.308 e. The predicted molar refractivity (Wildman–Crippen MR) is 83.0 cm³/mol. The number of aliphatic carboxylic acids is 1. The molecule has 0 spiro atoms. The molecule has 1 fully saturated rings. The first-order valence-electron chi connectivity index (χ1n) is 7.11. The highest BCUT2D eigenvalue weighted by molar-refractivity contribution is 7.89. The number of hydrogen-bond donors (Lipinski definition) is 1. The first-order chi connectivity index (χ1) is 10.4. The fourth-order valence-corrected chi connectivity index (χ4v) is 4.52. The van der Waals surface area contributed by atoms with E-state index in [1.807, 2.05) is 24.3 Å². The Morgan fingerprint density at radius 3 is 2.45 bits per heavy atom. The maximum Gasteiger partial charge on any atom is 0.308 e. The van der Waals surface area contributed by atoms with Gasteiger partial charge in [-0.15, -0.1) is 0 Å². The summed E-state index contributed by atoms with van der Waals surface area (Å²) in [6.45, 7) is 2.05. The van der Waals surface area contributed by atoms with E-state index in [0.717, 1.165) is 10.8 Å². The van der Waals surface area contributed by atoms with Crippen molar-refractivity contribution in [2.75, 3.05) is 13.1 Å². The van der Waals surface area contributed by atoms with Gasteiger partial charge >= 0.3 is 5.97 Å². The summed E-state index contributed by atoms with van der Waals surface area (Å²) in [5.41, 5.74) is 0. The Bertz CT molecular complexity index is 831. The zero-order valence-corrected chi connectivity index (χ0v) is 13.0. The molecule has 2 atom stereocenters. The number of rotatable bonds is 3. The second-order valence-electron chi connectivity index (χ2n) is 5.75. The van der Waals surface area contributed by atoms with Crippen molar-refractivity contribution in [2.24, 2.45) is 11.8 Å². The molecule has 0 aromatic heterocycles. The van der Waals surface area contributed by atoms with Crippen LogP contribution in [0.3, 0.4) is 0 Å². The molecule has 22 heavy (non-hydrogen) atoms. The largest absolute Gasteiger partial charge is 0.481 e. The summed E-state index contributed by atoms with van der Waals surface area (Å²) in [6, 6.07) is 12.5. The minimum atomic E-state index is -3.66. The zero-order valence-electron chi connectivity index (χ0n) is 12.1. The number of nitrogens with zero attached hydrogens (tertiary/aromatic N) is 1. The third-order valence-corrected chi connectivity index (χ3v) is 6.08. The highest BCUT2D eigenvalue weighted by Gasteiger charge is 2.40. The molecule has 0 unspecified atom stereocenters. The monoisotopic (exact) mass is 319 g/mol. The van der Waals surface area contributed by atoms with E-state index in [0.29, 0.717) is 0 Å². The van der Waals surface area contributed by atoms with Gasteiger partial charge in [-0.3, -0.25) is 4.79 Å². The second kappa shape index (κ2) is 5.37. The molecule has 0 bridgehead atoms. The van der Waals surface area contributed by atoms with Crippen LogP contribution >= 0.6 is 0 Å². The summed E-state index contributed by atoms with van der Waals surface area (Å²) < 4.78 is 26.7. The van der Waals surface area contributed by atoms with Gasteiger partial charge in [0.15, 0.2) is 0 Å². The quantitative estimate of drug-likeness (QED) is 0.941. The lowest BCUT2D eigenvalue weighted by Gasteiger charge is -2.16. The lowest BCUT2D eigenvalue weighted by atomic mass is 9.99. The van der Waals surface area contributed by atoms with E-state index in [4.69, 9.17) is 5.11 Å². The van der Waals surface area contributed by atoms with E-state index in [9.17, 15) is 13.2 Å². The molecule has 1 saturated heterocycles. The highest BCUT2D eigenvalue weighted by atomic mass is 32.2. The second-order valence-corrected chi connectivity index (χ2v) is 7.69. The van der Waals surface area contributed by atoms with Crippen molar-refractivity contribution in [2.45, 2.75) is 11.8 Å². The Labute approximate surface area is 129 Å². The van der Waals surface area contributed by atoms with Gasteiger partial charge in [-0.2, -0.15) is 4.31 Å². The van der Waals surface area contributed by atoms with Gasteiger partial charge in [0.05, 0.1) is 10.8 Å². The van der Waals surface area contributed by atoms with Crippen LogP contribution in [0, 0.1) is 11.8 Å². The van der Waals surface area contributed by atoms with E-state index in [2.05, 4.69) is 0 Å². The zero-order chi connectivity index (χ0) is 15.9. The summed E-state index contributed by atoms with van der Waals surface area (Å²) >= 11 is 0. The first kappa shape index (κ1) is 15.0. The molecule has 3 rings (SSSR count). The molecule has 0 saturated carbocycles. The molecular weight excluding hydrogens is 302 g/mol. The number of hydrogen-bond acceptors (Lipinski definition) is 3. The Balaban J connectivity index is 1.97. The van der Waals surface area contributed by atoms with Gasteiger partial charge in [0.2, 0.25) is 10.0 Å². The van der Waals surface area contributed by atoms with Gasteiger partial charge in [0, 0.05) is 13.1 Å². The molecule has 2 aromatic carbocycles. The molecule has 1 N–H and O–H groups in total. The SMILES string of the molecule is C[C@@H]1CN(S(=O)(=O)c2ccc3ccccc3c2)C[C@H]1C(=O)O. The fraction of sp³-hybridized carbons (Fsp3) is 0.312. The number of carboxylic acids is 1. The van der Waals surface area contributed by atoms with E-state index >= 15 is 0 Å². The molecule has 0 amide bonds. The van der Waals surface area contributed by atoms with E-state index in [-0.39, 0.29) is 23.9 Å². The summed E-state index contributed by atoms with van der Waals surface area (Å²) in [7, 11) is -3.66. The van der Waals surface area contributed by atoms with Crippen molar-refractivity contribution in [3.8, 4) is 0 Å². The van der Waals surface area contributed by atoms with E-state index in [1.165, 1.54) is 4.31 Å². The molecule has 1 aliphatic heterocycles. The van der Waals surface area contributed by atoms with E-state index in [1.54, 1.807) is 25.1 Å². The van der Waals surface area contributed by atoms with Gasteiger partial charge in [-0.25, -0.2) is 8.42 Å². The molecule has 2 aromatic rings. The highest BCUT2D eigenvalue weighted by Crippen LogP contribution is 2.29. The third-order valence-electron chi connectivity index (χ3n) is 4.25. The van der Waals surface area contributed by atoms with Crippen LogP contribution < -0.4 is 0 Å². The Hall–Kier alpha value is -1.92. The van der Waals surface area contributed by atoms with Crippen LogP contribution in [-0.4, -0.2) is 36.9 Å². The number of carbonyl (C=O) groups is 1. The Kier molecular flexibility index (Phi) is 3.66. The topological polar surface area (TPSA) is 74.7 Å². The lowest BCUT2D eigenvalue weighted by Crippen LogP contribution is -2.30. The van der Waals surface area contributed by atoms with Crippen molar-refractivity contribution in [3.05, 3.63) is 42.5 Å². The van der Waals surface area contributed by atoms with E-state index < -0.39 is 21.9 Å². The minimum absolute atomic E-state index is 0.0334. The van der Waals surface area contributed by atoms with Crippen molar-refractivity contribution in [3.63, 3.8) is 0 Å². The Morgan fingerprint density at radius 2 is 1.82 bits per heavy atom. The van der Waals surface area contributed by atoms with Crippen LogP contribution in [0.5, 0.6) is 0 Å². The molecule has 116 valence electrons. The molecular formula is C16H17NO4S. The number of carboxylic acid groups (broad SMARTS) is 1. The standard InChI is InChI=1S/C16H17NO4S/c1-11-9-17(10-15(11)16(18)19)22(20,21)14-7-6-12-4-2-3-5-13(12)8-14/h2-8,11,15H,9-10H2,1H3,(H,18,19)/t11-,15-/m1/s1. The van der Waals surface area contributed by atoms with Crippen molar-refractivity contribution < 1.29 is 18.3 Å². The number of benzene rings is 2. The van der Waals surface area contributed by atoms with Gasteiger partial charge in [0.25, 0.3) is 0 Å². The first-order valence-corrected chi connectivity index (χ1v) is 8.55. The van der Waals surface area contributed by atoms with Crippen LogP contribution in [0.4, 0.5) is 0 Å². The van der Waals surface area contributed by atoms with Gasteiger partial charge in [0.1, 0.15) is 0 Å². The number of sulfonamides is 1. The van der Waals surface area contributed by atoms with Crippen LogP contribution in [0.25, 0.3) is 10.8 Å². The molecule has 0 radical (unpaired) electrons. The van der Waals surface area contributed by atoms with Gasteiger partial charge in [-0.1, -0.05) is 37.3 Å². The fourth-order valence-electron chi connectivity index (χ4n) is 2.92. The molecule has 0 aliphatic carbocycles. The third kappa shape index (κ3) is 2.48. The predicted octanol–water partition coefficient (Wildman–Crippen LogP) is 2.18. The average molecular weight is 319 g/mol. The molecule has 1 heterocycles. The maximum absolute atomic E-state index is 12.7. The van der Waals surface area contributed by atoms with Crippen LogP contribution in [0.2, 0.25) is 0 Å². The normalized spacial score (nSPS) is 23.0. The summed E-state index contributed by atoms with van der Waals surface area (Å²) in [5, 5.41) is 11.0. The molecule has 6 heteroatoms. The maximum atomic E-state index is 12.7. The lowest BCUT2D eigenvalue weighted by molar-refractivity contribution is -0.142. The summed E-state index contributed by atoms with van der Waals surface area (Å²) in [4.78, 5) is 11.4. The van der Waals surface area contributed by atoms with Crippen LogP contribution in [0.1, 0.15) is 6.92 Å². The summed E-state index contributed by atoms with van der Waals surface area (Å²) in [5.74, 6) is -1.77. The van der Waals surface area contributed by atoms with Gasteiger partial charge in [-0.05, 0) is 28.8 Å². The van der Waals surface area contributed by atoms with Crippen molar-refractivity contribution >= 4 is 26.8 Å². The van der Waals surface area contributed by atoms with Crippen LogP contribution in [0.15, 0.2) is 47.4 Å². The van der Waals surface area contributed by atoms with Gasteiger partial charge < -0.3 is 5.11 Å². The molecule has 1 aliphatic rings. The minimum Gasteiger partial charge on any atom is -0.481 e. The average Bonchev–Trinajstić information content (AvgIpc) is 2.89.